The molecule has 1 saturated heterocycles. The van der Waals surface area contributed by atoms with E-state index >= 15 is 0 Å². The molecule has 2 heterocycles. The number of carbonyl (C=O) groups is 2. The summed E-state index contributed by atoms with van der Waals surface area (Å²) in [5, 5.41) is 1.58. The number of piperazine rings is 1. The number of nitrogens with one attached hydrogen (secondary N) is 1. The first-order valence-electron chi connectivity index (χ1n) is 10.0. The Balaban J connectivity index is 1.36. The van der Waals surface area contributed by atoms with E-state index in [-0.39, 0.29) is 18.4 Å². The largest absolute Gasteiger partial charge is 0.368 e. The Morgan fingerprint density at radius 2 is 1.83 bits per heavy atom. The zero-order valence-corrected chi connectivity index (χ0v) is 17.9. The molecule has 1 aromatic heterocycles. The predicted molar refractivity (Wildman–Crippen MR) is 120 cm³/mol. The number of fused-ring (bicyclic) bond motifs is 1. The number of H-pyrrole nitrogens is 1. The minimum atomic E-state index is -0.158. The van der Waals surface area contributed by atoms with Gasteiger partial charge in [-0.1, -0.05) is 35.9 Å². The third kappa shape index (κ3) is 4.00. The summed E-state index contributed by atoms with van der Waals surface area (Å²) in [6, 6.07) is 13.5. The van der Waals surface area contributed by atoms with Crippen LogP contribution in [-0.4, -0.2) is 66.4 Å². The number of carbonyl (C=O) groups excluding carboxylic acids is 2. The van der Waals surface area contributed by atoms with Crippen LogP contribution in [0.2, 0.25) is 5.02 Å². The summed E-state index contributed by atoms with van der Waals surface area (Å²) in [7, 11) is 1.67. The SMILES string of the molecule is Cc1ccc(Cl)cc1N1CCN(C(=O)CN(C)C(=O)c2c[nH]c3ccccc23)CC1. The number of rotatable bonds is 4. The molecule has 1 aliphatic heterocycles. The summed E-state index contributed by atoms with van der Waals surface area (Å²) < 4.78 is 0. The Kier molecular flexibility index (Phi) is 5.68. The van der Waals surface area contributed by atoms with Gasteiger partial charge in [-0.15, -0.1) is 0 Å². The Bertz CT molecular complexity index is 1090. The second kappa shape index (κ2) is 8.40. The van der Waals surface area contributed by atoms with Gasteiger partial charge in [0.1, 0.15) is 0 Å². The van der Waals surface area contributed by atoms with Crippen LogP contribution in [0.5, 0.6) is 0 Å². The van der Waals surface area contributed by atoms with E-state index in [4.69, 9.17) is 11.6 Å². The number of para-hydroxylation sites is 1. The van der Waals surface area contributed by atoms with Gasteiger partial charge in [0.25, 0.3) is 5.91 Å². The molecule has 0 spiro atoms. The van der Waals surface area contributed by atoms with Crippen LogP contribution in [0.3, 0.4) is 0 Å². The summed E-state index contributed by atoms with van der Waals surface area (Å²) in [5.74, 6) is -0.192. The topological polar surface area (TPSA) is 59.6 Å². The van der Waals surface area contributed by atoms with Crippen molar-refractivity contribution >= 4 is 40.0 Å². The number of likely N-dealkylation sites (N-methyl/N-ethyl adjacent to an activating group) is 1. The van der Waals surface area contributed by atoms with Crippen LogP contribution >= 0.6 is 11.6 Å². The molecule has 0 atom stereocenters. The van der Waals surface area contributed by atoms with Crippen molar-refractivity contribution in [3.63, 3.8) is 0 Å². The molecule has 0 aliphatic carbocycles. The van der Waals surface area contributed by atoms with Crippen molar-refractivity contribution in [1.82, 2.24) is 14.8 Å². The molecule has 0 unspecified atom stereocenters. The van der Waals surface area contributed by atoms with Gasteiger partial charge in [-0.3, -0.25) is 9.59 Å². The van der Waals surface area contributed by atoms with E-state index in [0.717, 1.165) is 29.7 Å². The molecule has 30 heavy (non-hydrogen) atoms. The van der Waals surface area contributed by atoms with Crippen molar-refractivity contribution in [3.05, 3.63) is 64.8 Å². The molecule has 7 heteroatoms. The van der Waals surface area contributed by atoms with Crippen molar-refractivity contribution in [2.75, 3.05) is 44.7 Å². The first kappa shape index (κ1) is 20.3. The zero-order chi connectivity index (χ0) is 21.3. The van der Waals surface area contributed by atoms with E-state index in [0.29, 0.717) is 23.7 Å². The van der Waals surface area contributed by atoms with Crippen LogP contribution in [0.15, 0.2) is 48.7 Å². The molecular formula is C23H25ClN4O2. The summed E-state index contributed by atoms with van der Waals surface area (Å²) in [4.78, 5) is 34.3. The van der Waals surface area contributed by atoms with Gasteiger partial charge in [-0.05, 0) is 30.7 Å². The van der Waals surface area contributed by atoms with Gasteiger partial charge >= 0.3 is 0 Å². The van der Waals surface area contributed by atoms with Crippen molar-refractivity contribution in [2.24, 2.45) is 0 Å². The fraction of sp³-hybridized carbons (Fsp3) is 0.304. The standard InChI is InChI=1S/C23H25ClN4O2/c1-16-7-8-17(24)13-21(16)27-9-11-28(12-10-27)22(29)15-26(2)23(30)19-14-25-20-6-4-3-5-18(19)20/h3-8,13-14,25H,9-12,15H2,1-2H3. The molecule has 0 saturated carbocycles. The van der Waals surface area contributed by atoms with E-state index in [9.17, 15) is 9.59 Å². The highest BCUT2D eigenvalue weighted by Gasteiger charge is 2.25. The Morgan fingerprint density at radius 3 is 2.60 bits per heavy atom. The van der Waals surface area contributed by atoms with Crippen LogP contribution in [0.25, 0.3) is 10.9 Å². The highest BCUT2D eigenvalue weighted by molar-refractivity contribution is 6.30. The fourth-order valence-corrected chi connectivity index (χ4v) is 4.12. The molecule has 2 amide bonds. The maximum Gasteiger partial charge on any atom is 0.256 e. The average molecular weight is 425 g/mol. The summed E-state index contributed by atoms with van der Waals surface area (Å²) in [6.45, 7) is 4.86. The van der Waals surface area contributed by atoms with E-state index < -0.39 is 0 Å². The highest BCUT2D eigenvalue weighted by atomic mass is 35.5. The zero-order valence-electron chi connectivity index (χ0n) is 17.2. The molecule has 0 radical (unpaired) electrons. The first-order chi connectivity index (χ1) is 14.4. The van der Waals surface area contributed by atoms with Gasteiger partial charge < -0.3 is 19.7 Å². The Labute approximate surface area is 181 Å². The van der Waals surface area contributed by atoms with E-state index in [1.807, 2.05) is 47.4 Å². The number of aromatic nitrogens is 1. The Morgan fingerprint density at radius 1 is 1.10 bits per heavy atom. The number of aromatic amines is 1. The second-order valence-corrected chi connectivity index (χ2v) is 8.14. The van der Waals surface area contributed by atoms with E-state index in [1.165, 1.54) is 10.5 Å². The molecule has 156 valence electrons. The number of benzene rings is 2. The highest BCUT2D eigenvalue weighted by Crippen LogP contribution is 2.25. The minimum absolute atomic E-state index is 0.0341. The predicted octanol–water partition coefficient (Wildman–Crippen LogP) is 3.55. The summed E-state index contributed by atoms with van der Waals surface area (Å²) in [6.07, 6.45) is 1.71. The van der Waals surface area contributed by atoms with Gasteiger partial charge in [0.2, 0.25) is 5.91 Å². The van der Waals surface area contributed by atoms with Gasteiger partial charge in [0, 0.05) is 61.0 Å². The molecule has 3 aromatic rings. The monoisotopic (exact) mass is 424 g/mol. The normalized spacial score (nSPS) is 14.2. The maximum atomic E-state index is 12.9. The van der Waals surface area contributed by atoms with Crippen LogP contribution in [-0.2, 0) is 4.79 Å². The van der Waals surface area contributed by atoms with E-state index in [1.54, 1.807) is 13.2 Å². The lowest BCUT2D eigenvalue weighted by atomic mass is 10.1. The van der Waals surface area contributed by atoms with Crippen molar-refractivity contribution < 1.29 is 9.59 Å². The number of nitrogens with zero attached hydrogens (tertiary/aromatic N) is 3. The molecule has 1 aliphatic rings. The van der Waals surface area contributed by atoms with Crippen LogP contribution in [0.1, 0.15) is 15.9 Å². The van der Waals surface area contributed by atoms with Gasteiger partial charge in [-0.2, -0.15) is 0 Å². The molecule has 1 fully saturated rings. The van der Waals surface area contributed by atoms with Crippen molar-refractivity contribution in [1.29, 1.82) is 0 Å². The average Bonchev–Trinajstić information content (AvgIpc) is 3.19. The third-order valence-corrected chi connectivity index (χ3v) is 5.92. The number of hydrogen-bond acceptors (Lipinski definition) is 3. The lowest BCUT2D eigenvalue weighted by Crippen LogP contribution is -2.51. The molecule has 1 N–H and O–H groups in total. The van der Waals surface area contributed by atoms with Crippen molar-refractivity contribution in [3.8, 4) is 0 Å². The van der Waals surface area contributed by atoms with Crippen LogP contribution in [0, 0.1) is 6.92 Å². The molecule has 2 aromatic carbocycles. The number of anilines is 1. The number of hydrogen-bond donors (Lipinski definition) is 1. The molecule has 0 bridgehead atoms. The number of amides is 2. The first-order valence-corrected chi connectivity index (χ1v) is 10.4. The third-order valence-electron chi connectivity index (χ3n) is 5.68. The number of aryl methyl sites for hydroxylation is 1. The lowest BCUT2D eigenvalue weighted by Gasteiger charge is -2.37. The molecular weight excluding hydrogens is 400 g/mol. The smallest absolute Gasteiger partial charge is 0.256 e. The molecule has 4 rings (SSSR count). The van der Waals surface area contributed by atoms with E-state index in [2.05, 4.69) is 16.8 Å². The van der Waals surface area contributed by atoms with Gasteiger partial charge in [-0.25, -0.2) is 0 Å². The Hall–Kier alpha value is -2.99. The maximum absolute atomic E-state index is 12.9. The van der Waals surface area contributed by atoms with Crippen molar-refractivity contribution in [2.45, 2.75) is 6.92 Å². The number of halogens is 1. The summed E-state index contributed by atoms with van der Waals surface area (Å²) >= 11 is 6.15. The second-order valence-electron chi connectivity index (χ2n) is 7.71. The quantitative estimate of drug-likeness (QED) is 0.696. The van der Waals surface area contributed by atoms with Crippen LogP contribution in [0.4, 0.5) is 5.69 Å². The minimum Gasteiger partial charge on any atom is -0.368 e. The van der Waals surface area contributed by atoms with Crippen LogP contribution < -0.4 is 4.90 Å². The van der Waals surface area contributed by atoms with Gasteiger partial charge in [0.05, 0.1) is 12.1 Å². The molecule has 6 nitrogen and oxygen atoms in total. The summed E-state index contributed by atoms with van der Waals surface area (Å²) in [5.41, 5.74) is 3.78. The lowest BCUT2D eigenvalue weighted by molar-refractivity contribution is -0.131. The fourth-order valence-electron chi connectivity index (χ4n) is 3.95. The van der Waals surface area contributed by atoms with Gasteiger partial charge in [0.15, 0.2) is 0 Å².